The molecule has 0 radical (unpaired) electrons. The first-order valence-electron chi connectivity index (χ1n) is 26.0. The van der Waals surface area contributed by atoms with E-state index in [1.807, 2.05) is 231 Å². The van der Waals surface area contributed by atoms with E-state index in [4.69, 9.17) is 33.2 Å². The third-order valence-electron chi connectivity index (χ3n) is 14.6. The molecule has 0 aliphatic rings. The molecule has 0 amide bonds. The Kier molecular flexibility index (Phi) is 15.4. The van der Waals surface area contributed by atoms with E-state index in [0.29, 0.717) is 75.9 Å². The molecular formula is C70H50Cl2N2O4P2. The first kappa shape index (κ1) is 53.4. The summed E-state index contributed by atoms with van der Waals surface area (Å²) in [4.78, 5) is 40.6. The van der Waals surface area contributed by atoms with Gasteiger partial charge in [-0.3, -0.25) is 19.6 Å². The van der Waals surface area contributed by atoms with Crippen molar-refractivity contribution in [2.75, 3.05) is 0 Å². The van der Waals surface area contributed by atoms with Gasteiger partial charge in [0.2, 0.25) is 0 Å². The fourth-order valence-corrected chi connectivity index (χ4v) is 18.4. The smallest absolute Gasteiger partial charge is 0.187 e. The lowest BCUT2D eigenvalue weighted by atomic mass is 9.86. The summed E-state index contributed by atoms with van der Waals surface area (Å²) in [5.74, 6) is -0.594. The van der Waals surface area contributed by atoms with Crippen LogP contribution in [0, 0.1) is 0 Å². The van der Waals surface area contributed by atoms with Crippen molar-refractivity contribution in [3.63, 3.8) is 0 Å². The normalized spacial score (nSPS) is 13.0. The fraction of sp³-hybridized carbons (Fsp3) is 0.0286. The molecule has 0 fully saturated rings. The molecule has 6 nitrogen and oxygen atoms in total. The quantitative estimate of drug-likeness (QED) is 0.0795. The number of nitrogens with zero attached hydrogens (tertiary/aromatic N) is 2. The largest absolute Gasteiger partial charge is 0.312 e. The van der Waals surface area contributed by atoms with Crippen molar-refractivity contribution < 1.29 is 18.7 Å². The predicted octanol–water partition coefficient (Wildman–Crippen LogP) is 16.1. The summed E-state index contributed by atoms with van der Waals surface area (Å²) < 4.78 is 32.8. The molecule has 2 atom stereocenters. The van der Waals surface area contributed by atoms with E-state index < -0.39 is 24.6 Å². The zero-order chi connectivity index (χ0) is 55.2. The predicted molar refractivity (Wildman–Crippen MR) is 329 cm³/mol. The minimum atomic E-state index is -3.88. The average Bonchev–Trinajstić information content (AvgIpc) is 3.54. The molecule has 0 unspecified atom stereocenters. The highest BCUT2D eigenvalue weighted by atomic mass is 35.5. The summed E-state index contributed by atoms with van der Waals surface area (Å²) in [6, 6.07) is 92.5. The van der Waals surface area contributed by atoms with Crippen molar-refractivity contribution in [1.29, 1.82) is 0 Å². The third kappa shape index (κ3) is 9.45. The summed E-state index contributed by atoms with van der Waals surface area (Å²) >= 11 is 12.7. The summed E-state index contributed by atoms with van der Waals surface area (Å²) in [7, 11) is -7.76. The van der Waals surface area contributed by atoms with Crippen molar-refractivity contribution in [1.82, 2.24) is 9.97 Å². The third-order valence-corrected chi connectivity index (χ3v) is 22.5. The van der Waals surface area contributed by atoms with Gasteiger partial charge in [-0.2, -0.15) is 0 Å². The molecule has 12 aromatic rings. The zero-order valence-corrected chi connectivity index (χ0v) is 46.3. The number of ketones is 2. The van der Waals surface area contributed by atoms with E-state index in [9.17, 15) is 0 Å². The molecule has 2 heterocycles. The van der Waals surface area contributed by atoms with E-state index in [1.165, 1.54) is 0 Å². The monoisotopic (exact) mass is 1110 g/mol. The standard InChI is InChI=1S/2C35H25ClNO2P/c2*36-29-23-21-28(22-24-29)35(34(38)27-13-4-1-5-14-27,33-25-20-26-12-10-11-19-32(26)37-33)40(39,30-15-6-2-7-16-30)31-17-8-3-9-18-31/h2*1-25H/t2*35-/m10/s1. The number of halogens is 2. The lowest BCUT2D eigenvalue weighted by molar-refractivity contribution is 0.0945. The maximum Gasteiger partial charge on any atom is 0.187 e. The zero-order valence-electron chi connectivity index (χ0n) is 43.0. The van der Waals surface area contributed by atoms with Crippen molar-refractivity contribution in [3.05, 3.63) is 347 Å². The SMILES string of the molecule is O=C(c1ccccc1)[C@@](c1ccc(Cl)cc1)(c1ccc2ccccc2n1)P(=O)(c1ccccc1)c1ccccc1.O=C(c1ccccc1)[C@](c1ccc(Cl)cc1)(c1ccc2ccccc2n1)P(=O)(c1ccccc1)c1ccccc1. The molecular weight excluding hydrogens is 1070 g/mol. The number of carbonyl (C=O) groups excluding carboxylic acids is 2. The number of fused-ring (bicyclic) bond motifs is 2. The molecule has 0 aliphatic carbocycles. The second kappa shape index (κ2) is 23.0. The Morgan fingerprint density at radius 1 is 0.300 bits per heavy atom. The van der Waals surface area contributed by atoms with Gasteiger partial charge in [-0.25, -0.2) is 0 Å². The lowest BCUT2D eigenvalue weighted by Gasteiger charge is -2.40. The van der Waals surface area contributed by atoms with Crippen LogP contribution in [0.1, 0.15) is 43.2 Å². The molecule has 10 aromatic carbocycles. The summed E-state index contributed by atoms with van der Waals surface area (Å²) in [6.07, 6.45) is 0. The number of aromatic nitrogens is 2. The van der Waals surface area contributed by atoms with Gasteiger partial charge in [-0.05, 0) is 59.7 Å². The average molecular weight is 1120 g/mol. The second-order valence-corrected chi connectivity index (χ2v) is 25.9. The molecule has 0 bridgehead atoms. The number of benzene rings is 10. The van der Waals surface area contributed by atoms with Crippen molar-refractivity contribution >= 4 is 92.1 Å². The van der Waals surface area contributed by atoms with E-state index >= 15 is 18.7 Å². The number of Topliss-reactive ketones (excluding diaryl/α,β-unsaturated/α-hetero) is 2. The van der Waals surface area contributed by atoms with Gasteiger partial charge in [0.25, 0.3) is 0 Å². The van der Waals surface area contributed by atoms with Gasteiger partial charge < -0.3 is 9.13 Å². The van der Waals surface area contributed by atoms with Gasteiger partial charge in [0.15, 0.2) is 36.2 Å². The number of rotatable bonds is 14. The van der Waals surface area contributed by atoms with Crippen LogP contribution in [0.15, 0.2) is 303 Å². The molecule has 0 aliphatic heterocycles. The highest BCUT2D eigenvalue weighted by molar-refractivity contribution is 7.81. The van der Waals surface area contributed by atoms with Crippen LogP contribution in [0.3, 0.4) is 0 Å². The Morgan fingerprint density at radius 2 is 0.562 bits per heavy atom. The van der Waals surface area contributed by atoms with Crippen LogP contribution >= 0.6 is 37.5 Å². The van der Waals surface area contributed by atoms with Gasteiger partial charge in [0, 0.05) is 53.2 Å². The Labute approximate surface area is 475 Å². The van der Waals surface area contributed by atoms with Crippen molar-refractivity contribution in [2.45, 2.75) is 10.3 Å². The number of hydrogen-bond acceptors (Lipinski definition) is 6. The van der Waals surface area contributed by atoms with Crippen molar-refractivity contribution in [2.24, 2.45) is 0 Å². The molecule has 0 saturated carbocycles. The molecule has 12 rings (SSSR count). The Hall–Kier alpha value is -8.60. The Balaban J connectivity index is 0.000000169. The second-order valence-electron chi connectivity index (χ2n) is 19.2. The molecule has 0 saturated heterocycles. The first-order valence-corrected chi connectivity index (χ1v) is 30.1. The van der Waals surface area contributed by atoms with Crippen LogP contribution in [0.5, 0.6) is 0 Å². The van der Waals surface area contributed by atoms with Crippen LogP contribution in [0.4, 0.5) is 0 Å². The summed E-state index contributed by atoms with van der Waals surface area (Å²) in [5, 5.41) is 1.75. The van der Waals surface area contributed by atoms with Gasteiger partial charge in [-0.1, -0.05) is 278 Å². The van der Waals surface area contributed by atoms with Crippen LogP contribution in [0.2, 0.25) is 10.0 Å². The number of para-hydroxylation sites is 2. The minimum absolute atomic E-state index is 0.297. The van der Waals surface area contributed by atoms with Crippen LogP contribution < -0.4 is 21.2 Å². The molecule has 388 valence electrons. The number of hydrogen-bond donors (Lipinski definition) is 0. The van der Waals surface area contributed by atoms with Gasteiger partial charge in [-0.15, -0.1) is 0 Å². The topological polar surface area (TPSA) is 94.1 Å². The summed E-state index contributed by atoms with van der Waals surface area (Å²) in [5.41, 5.74) is 4.27. The molecule has 80 heavy (non-hydrogen) atoms. The van der Waals surface area contributed by atoms with Crippen LogP contribution in [-0.4, -0.2) is 21.5 Å². The van der Waals surface area contributed by atoms with Gasteiger partial charge in [0.05, 0.1) is 22.4 Å². The van der Waals surface area contributed by atoms with E-state index in [1.54, 1.807) is 72.8 Å². The number of carbonyl (C=O) groups is 2. The Morgan fingerprint density at radius 3 is 0.863 bits per heavy atom. The van der Waals surface area contributed by atoms with E-state index in [0.717, 1.165) is 10.8 Å². The van der Waals surface area contributed by atoms with E-state index in [-0.39, 0.29) is 11.6 Å². The van der Waals surface area contributed by atoms with E-state index in [2.05, 4.69) is 0 Å². The Bertz CT molecular complexity index is 3870. The highest BCUT2D eigenvalue weighted by Gasteiger charge is 2.60. The van der Waals surface area contributed by atoms with Crippen LogP contribution in [-0.2, 0) is 19.4 Å². The maximum absolute atomic E-state index is 16.4. The minimum Gasteiger partial charge on any atom is -0.312 e. The van der Waals surface area contributed by atoms with Gasteiger partial charge in [0.1, 0.15) is 0 Å². The van der Waals surface area contributed by atoms with Crippen molar-refractivity contribution in [3.8, 4) is 0 Å². The first-order chi connectivity index (χ1) is 39.1. The van der Waals surface area contributed by atoms with Crippen LogP contribution in [0.25, 0.3) is 21.8 Å². The fourth-order valence-electron chi connectivity index (χ4n) is 10.9. The maximum atomic E-state index is 16.4. The highest BCUT2D eigenvalue weighted by Crippen LogP contribution is 2.67. The van der Waals surface area contributed by atoms with Gasteiger partial charge >= 0.3 is 0 Å². The molecule has 0 spiro atoms. The molecule has 2 aromatic heterocycles. The summed E-state index contributed by atoms with van der Waals surface area (Å²) in [6.45, 7) is 0. The molecule has 10 heteroatoms. The molecule has 0 N–H and O–H groups in total. The lowest BCUT2D eigenvalue weighted by Crippen LogP contribution is -2.44. The number of pyridine rings is 2.